The van der Waals surface area contributed by atoms with E-state index in [9.17, 15) is 17.2 Å². The molecule has 0 bridgehead atoms. The molecule has 0 aliphatic carbocycles. The number of H-pyrrole nitrogens is 1. The SMILES string of the molecule is O=S(=O)(Nc1ncn[nH]1)c1ccc(OC(F)F)c(Cl)c1. The van der Waals surface area contributed by atoms with Gasteiger partial charge < -0.3 is 4.74 Å². The summed E-state index contributed by atoms with van der Waals surface area (Å²) < 4.78 is 54.2. The maximum Gasteiger partial charge on any atom is 0.387 e. The summed E-state index contributed by atoms with van der Waals surface area (Å²) in [5.74, 6) is -0.408. The molecule has 0 unspecified atom stereocenters. The zero-order chi connectivity index (χ0) is 14.8. The van der Waals surface area contributed by atoms with Gasteiger partial charge in [0.05, 0.1) is 9.92 Å². The molecule has 0 spiro atoms. The van der Waals surface area contributed by atoms with Crippen molar-refractivity contribution in [1.82, 2.24) is 15.2 Å². The van der Waals surface area contributed by atoms with E-state index in [1.165, 1.54) is 0 Å². The Morgan fingerprint density at radius 2 is 2.15 bits per heavy atom. The number of alkyl halides is 2. The van der Waals surface area contributed by atoms with E-state index in [-0.39, 0.29) is 21.6 Å². The highest BCUT2D eigenvalue weighted by Gasteiger charge is 2.18. The van der Waals surface area contributed by atoms with Crippen LogP contribution >= 0.6 is 11.6 Å². The minimum absolute atomic E-state index is 0.0889. The van der Waals surface area contributed by atoms with Gasteiger partial charge in [0.1, 0.15) is 12.1 Å². The zero-order valence-corrected chi connectivity index (χ0v) is 11.1. The predicted molar refractivity (Wildman–Crippen MR) is 65.3 cm³/mol. The number of halogens is 3. The molecule has 2 aromatic rings. The van der Waals surface area contributed by atoms with Crippen molar-refractivity contribution in [1.29, 1.82) is 0 Å². The summed E-state index contributed by atoms with van der Waals surface area (Å²) in [6, 6.07) is 3.09. The first-order chi connectivity index (χ1) is 9.38. The van der Waals surface area contributed by atoms with E-state index in [1.807, 2.05) is 0 Å². The molecule has 0 atom stereocenters. The van der Waals surface area contributed by atoms with E-state index in [1.54, 1.807) is 0 Å². The summed E-state index contributed by atoms with van der Waals surface area (Å²) in [5, 5.41) is 5.52. The second-order valence-electron chi connectivity index (χ2n) is 3.41. The number of sulfonamides is 1. The Labute approximate surface area is 117 Å². The molecule has 1 heterocycles. The van der Waals surface area contributed by atoms with Crippen molar-refractivity contribution in [2.24, 2.45) is 0 Å². The normalized spacial score (nSPS) is 11.6. The molecule has 0 saturated heterocycles. The lowest BCUT2D eigenvalue weighted by Crippen LogP contribution is -2.14. The number of aromatic amines is 1. The van der Waals surface area contributed by atoms with Gasteiger partial charge in [-0.05, 0) is 18.2 Å². The van der Waals surface area contributed by atoms with Crippen LogP contribution in [-0.4, -0.2) is 30.2 Å². The molecule has 1 aromatic carbocycles. The zero-order valence-electron chi connectivity index (χ0n) is 9.55. The van der Waals surface area contributed by atoms with E-state index in [4.69, 9.17) is 11.6 Å². The Bertz CT molecular complexity index is 693. The largest absolute Gasteiger partial charge is 0.433 e. The van der Waals surface area contributed by atoms with Gasteiger partial charge in [0.15, 0.2) is 0 Å². The first-order valence-electron chi connectivity index (χ1n) is 5.01. The van der Waals surface area contributed by atoms with E-state index < -0.39 is 16.6 Å². The van der Waals surface area contributed by atoms with Gasteiger partial charge in [-0.15, -0.1) is 0 Å². The van der Waals surface area contributed by atoms with E-state index in [2.05, 4.69) is 24.6 Å². The van der Waals surface area contributed by atoms with Gasteiger partial charge in [-0.2, -0.15) is 18.9 Å². The average molecular weight is 325 g/mol. The lowest BCUT2D eigenvalue weighted by Gasteiger charge is -2.09. The monoisotopic (exact) mass is 324 g/mol. The number of rotatable bonds is 5. The second kappa shape index (κ2) is 5.59. The Morgan fingerprint density at radius 1 is 1.40 bits per heavy atom. The van der Waals surface area contributed by atoms with Crippen LogP contribution in [0.1, 0.15) is 0 Å². The molecule has 0 amide bonds. The van der Waals surface area contributed by atoms with Gasteiger partial charge in [-0.1, -0.05) is 11.6 Å². The van der Waals surface area contributed by atoms with Crippen molar-refractivity contribution < 1.29 is 21.9 Å². The summed E-state index contributed by atoms with van der Waals surface area (Å²) in [7, 11) is -3.96. The predicted octanol–water partition coefficient (Wildman–Crippen LogP) is 1.86. The summed E-state index contributed by atoms with van der Waals surface area (Å²) in [5.41, 5.74) is 0. The van der Waals surface area contributed by atoms with Crippen LogP contribution in [0.3, 0.4) is 0 Å². The molecule has 7 nitrogen and oxygen atoms in total. The topological polar surface area (TPSA) is 97.0 Å². The minimum Gasteiger partial charge on any atom is -0.433 e. The van der Waals surface area contributed by atoms with Crippen molar-refractivity contribution in [3.8, 4) is 5.75 Å². The smallest absolute Gasteiger partial charge is 0.387 e. The average Bonchev–Trinajstić information content (AvgIpc) is 2.83. The van der Waals surface area contributed by atoms with Crippen LogP contribution in [0.5, 0.6) is 5.75 Å². The first-order valence-corrected chi connectivity index (χ1v) is 6.87. The number of anilines is 1. The Kier molecular flexibility index (Phi) is 4.04. The molecule has 11 heteroatoms. The number of hydrogen-bond acceptors (Lipinski definition) is 5. The number of benzene rings is 1. The number of hydrogen-bond donors (Lipinski definition) is 2. The van der Waals surface area contributed by atoms with Crippen molar-refractivity contribution in [2.75, 3.05) is 4.72 Å². The van der Waals surface area contributed by atoms with Crippen LogP contribution in [0.15, 0.2) is 29.4 Å². The van der Waals surface area contributed by atoms with Gasteiger partial charge in [0.25, 0.3) is 10.0 Å². The third kappa shape index (κ3) is 3.33. The van der Waals surface area contributed by atoms with Gasteiger partial charge in [-0.3, -0.25) is 0 Å². The Hall–Kier alpha value is -1.94. The summed E-state index contributed by atoms with van der Waals surface area (Å²) in [4.78, 5) is 3.36. The van der Waals surface area contributed by atoms with Crippen molar-refractivity contribution in [2.45, 2.75) is 11.5 Å². The third-order valence-corrected chi connectivity index (χ3v) is 3.71. The van der Waals surface area contributed by atoms with E-state index >= 15 is 0 Å². The summed E-state index contributed by atoms with van der Waals surface area (Å²) in [6.07, 6.45) is 1.12. The molecule has 2 N–H and O–H groups in total. The fraction of sp³-hybridized carbons (Fsp3) is 0.111. The standard InChI is InChI=1S/C9H7ClF2N4O3S/c10-6-3-5(1-2-7(6)19-8(11)12)20(17,18)16-9-13-4-14-15-9/h1-4,8H,(H2,13,14,15,16). The van der Waals surface area contributed by atoms with Crippen LogP contribution in [0.2, 0.25) is 5.02 Å². The van der Waals surface area contributed by atoms with Gasteiger partial charge in [-0.25, -0.2) is 18.2 Å². The second-order valence-corrected chi connectivity index (χ2v) is 5.50. The molecule has 1 aromatic heterocycles. The fourth-order valence-corrected chi connectivity index (χ4v) is 2.56. The molecule has 20 heavy (non-hydrogen) atoms. The van der Waals surface area contributed by atoms with Crippen LogP contribution in [0.4, 0.5) is 14.7 Å². The van der Waals surface area contributed by atoms with Gasteiger partial charge in [0, 0.05) is 0 Å². The fourth-order valence-electron chi connectivity index (χ4n) is 1.28. The molecule has 0 radical (unpaired) electrons. The molecule has 0 aliphatic rings. The van der Waals surface area contributed by atoms with E-state index in [0.717, 1.165) is 24.5 Å². The number of nitrogens with one attached hydrogen (secondary N) is 2. The van der Waals surface area contributed by atoms with E-state index in [0.29, 0.717) is 0 Å². The van der Waals surface area contributed by atoms with Crippen LogP contribution in [0, 0.1) is 0 Å². The molecular weight excluding hydrogens is 318 g/mol. The van der Waals surface area contributed by atoms with Crippen molar-refractivity contribution in [3.05, 3.63) is 29.5 Å². The molecule has 0 fully saturated rings. The Balaban J connectivity index is 2.26. The van der Waals surface area contributed by atoms with Crippen LogP contribution in [0.25, 0.3) is 0 Å². The molecule has 0 aliphatic heterocycles. The number of aromatic nitrogens is 3. The number of nitrogens with zero attached hydrogens (tertiary/aromatic N) is 2. The van der Waals surface area contributed by atoms with Crippen LogP contribution in [-0.2, 0) is 10.0 Å². The molecule has 0 saturated carbocycles. The molecule has 2 rings (SSSR count). The van der Waals surface area contributed by atoms with Crippen molar-refractivity contribution in [3.63, 3.8) is 0 Å². The molecule has 108 valence electrons. The number of ether oxygens (including phenoxy) is 1. The highest BCUT2D eigenvalue weighted by atomic mass is 35.5. The molecular formula is C9H7ClF2N4O3S. The first kappa shape index (κ1) is 14.5. The summed E-state index contributed by atoms with van der Waals surface area (Å²) >= 11 is 5.68. The maximum absolute atomic E-state index is 12.1. The Morgan fingerprint density at radius 3 is 2.70 bits per heavy atom. The highest BCUT2D eigenvalue weighted by molar-refractivity contribution is 7.92. The summed E-state index contributed by atoms with van der Waals surface area (Å²) in [6.45, 7) is -3.05. The van der Waals surface area contributed by atoms with Gasteiger partial charge >= 0.3 is 6.61 Å². The lowest BCUT2D eigenvalue weighted by molar-refractivity contribution is -0.0498. The third-order valence-electron chi connectivity index (χ3n) is 2.08. The minimum atomic E-state index is -3.96. The van der Waals surface area contributed by atoms with Crippen LogP contribution < -0.4 is 9.46 Å². The van der Waals surface area contributed by atoms with Crippen molar-refractivity contribution >= 4 is 27.6 Å². The maximum atomic E-state index is 12.1. The lowest BCUT2D eigenvalue weighted by atomic mass is 10.3. The van der Waals surface area contributed by atoms with Gasteiger partial charge in [0.2, 0.25) is 5.95 Å². The highest BCUT2D eigenvalue weighted by Crippen LogP contribution is 2.29. The quantitative estimate of drug-likeness (QED) is 0.875.